The molecule has 1 aromatic carbocycles. The molecule has 0 saturated carbocycles. The largest absolute Gasteiger partial charge is 0.480 e. The zero-order valence-corrected chi connectivity index (χ0v) is 11.6. The Morgan fingerprint density at radius 3 is 2.30 bits per heavy atom. The third kappa shape index (κ3) is 3.72. The van der Waals surface area contributed by atoms with Crippen LogP contribution in [0, 0.1) is 5.92 Å². The molecule has 6 heteroatoms. The van der Waals surface area contributed by atoms with Crippen molar-refractivity contribution in [3.05, 3.63) is 35.4 Å². The van der Waals surface area contributed by atoms with Crippen LogP contribution in [0.2, 0.25) is 0 Å². The minimum absolute atomic E-state index is 0.0838. The summed E-state index contributed by atoms with van der Waals surface area (Å²) in [6.45, 7) is 5.54. The van der Waals surface area contributed by atoms with Gasteiger partial charge in [-0.05, 0) is 37.1 Å². The molecule has 0 saturated heterocycles. The molecule has 1 unspecified atom stereocenters. The maximum Gasteiger partial charge on any atom is 0.416 e. The first-order valence-corrected chi connectivity index (χ1v) is 6.23. The average molecular weight is 289 g/mol. The van der Waals surface area contributed by atoms with Gasteiger partial charge in [0.1, 0.15) is 5.54 Å². The predicted molar refractivity (Wildman–Crippen MR) is 69.3 cm³/mol. The second-order valence-corrected chi connectivity index (χ2v) is 5.28. The van der Waals surface area contributed by atoms with Crippen molar-refractivity contribution >= 4 is 5.97 Å². The second kappa shape index (κ2) is 5.83. The fourth-order valence-corrected chi connectivity index (χ4v) is 1.72. The van der Waals surface area contributed by atoms with Gasteiger partial charge in [0.25, 0.3) is 0 Å². The molecule has 1 aromatic rings. The molecule has 112 valence electrons. The van der Waals surface area contributed by atoms with E-state index in [9.17, 15) is 23.1 Å². The molecule has 2 N–H and O–H groups in total. The highest BCUT2D eigenvalue weighted by Crippen LogP contribution is 2.32. The van der Waals surface area contributed by atoms with Gasteiger partial charge in [0.05, 0.1) is 5.56 Å². The molecule has 1 rings (SSSR count). The van der Waals surface area contributed by atoms with E-state index in [1.807, 2.05) is 13.8 Å². The Hall–Kier alpha value is -1.56. The van der Waals surface area contributed by atoms with Crippen LogP contribution in [0.25, 0.3) is 0 Å². The number of halogens is 3. The number of aliphatic carboxylic acids is 1. The normalized spacial score (nSPS) is 15.2. The molecule has 0 heterocycles. The monoisotopic (exact) mass is 289 g/mol. The van der Waals surface area contributed by atoms with Crippen molar-refractivity contribution in [1.29, 1.82) is 0 Å². The first kappa shape index (κ1) is 16.5. The minimum Gasteiger partial charge on any atom is -0.480 e. The van der Waals surface area contributed by atoms with E-state index in [0.29, 0.717) is 6.54 Å². The fourth-order valence-electron chi connectivity index (χ4n) is 1.72. The summed E-state index contributed by atoms with van der Waals surface area (Å²) >= 11 is 0. The van der Waals surface area contributed by atoms with Crippen LogP contribution in [0.3, 0.4) is 0 Å². The van der Waals surface area contributed by atoms with Crippen molar-refractivity contribution in [2.75, 3.05) is 6.54 Å². The van der Waals surface area contributed by atoms with Crippen LogP contribution in [0.1, 0.15) is 31.9 Å². The number of carbonyl (C=O) groups is 1. The third-order valence-electron chi connectivity index (χ3n) is 3.06. The molecule has 0 bridgehead atoms. The number of carboxylic acid groups (broad SMARTS) is 1. The number of hydrogen-bond donors (Lipinski definition) is 2. The number of rotatable bonds is 5. The Balaban J connectivity index is 3.19. The lowest BCUT2D eigenvalue weighted by atomic mass is 9.90. The highest BCUT2D eigenvalue weighted by molar-refractivity contribution is 5.80. The number of carboxylic acids is 1. The van der Waals surface area contributed by atoms with Gasteiger partial charge >= 0.3 is 12.1 Å². The topological polar surface area (TPSA) is 49.3 Å². The van der Waals surface area contributed by atoms with E-state index in [0.717, 1.165) is 12.1 Å². The van der Waals surface area contributed by atoms with Gasteiger partial charge < -0.3 is 5.11 Å². The van der Waals surface area contributed by atoms with Gasteiger partial charge in [0.15, 0.2) is 0 Å². The maximum absolute atomic E-state index is 12.7. The Kier molecular flexibility index (Phi) is 4.81. The fraction of sp³-hybridized carbons (Fsp3) is 0.500. The minimum atomic E-state index is -4.49. The van der Waals surface area contributed by atoms with Crippen molar-refractivity contribution in [1.82, 2.24) is 5.32 Å². The molecular formula is C14H18F3NO2. The Morgan fingerprint density at radius 2 is 1.85 bits per heavy atom. The van der Waals surface area contributed by atoms with E-state index < -0.39 is 23.2 Å². The molecular weight excluding hydrogens is 271 g/mol. The van der Waals surface area contributed by atoms with Crippen LogP contribution < -0.4 is 5.32 Å². The van der Waals surface area contributed by atoms with Gasteiger partial charge in [-0.1, -0.05) is 26.0 Å². The number of benzene rings is 1. The highest BCUT2D eigenvalue weighted by atomic mass is 19.4. The quantitative estimate of drug-likeness (QED) is 0.874. The summed E-state index contributed by atoms with van der Waals surface area (Å²) in [6.07, 6.45) is -4.49. The van der Waals surface area contributed by atoms with Gasteiger partial charge in [-0.15, -0.1) is 0 Å². The summed E-state index contributed by atoms with van der Waals surface area (Å²) in [6, 6.07) is 4.41. The highest BCUT2D eigenvalue weighted by Gasteiger charge is 2.37. The van der Waals surface area contributed by atoms with Gasteiger partial charge in [0, 0.05) is 0 Å². The standard InChI is InChI=1S/C14H18F3NO2/c1-9(2)8-18-13(3,12(19)20)10-5-4-6-11(7-10)14(15,16)17/h4-7,9,18H,8H2,1-3H3,(H,19,20). The van der Waals surface area contributed by atoms with E-state index in [1.165, 1.54) is 19.1 Å². The Morgan fingerprint density at radius 1 is 1.30 bits per heavy atom. The molecule has 3 nitrogen and oxygen atoms in total. The average Bonchev–Trinajstić information content (AvgIpc) is 2.34. The van der Waals surface area contributed by atoms with Crippen LogP contribution in [-0.4, -0.2) is 17.6 Å². The molecule has 0 amide bonds. The van der Waals surface area contributed by atoms with E-state index in [-0.39, 0.29) is 11.5 Å². The molecule has 0 aromatic heterocycles. The van der Waals surface area contributed by atoms with Crippen molar-refractivity contribution < 1.29 is 23.1 Å². The zero-order chi connectivity index (χ0) is 15.6. The lowest BCUT2D eigenvalue weighted by molar-refractivity contribution is -0.145. The van der Waals surface area contributed by atoms with Gasteiger partial charge in [-0.25, -0.2) is 4.79 Å². The summed E-state index contributed by atoms with van der Waals surface area (Å²) in [5.74, 6) is -1.03. The van der Waals surface area contributed by atoms with Crippen LogP contribution >= 0.6 is 0 Å². The summed E-state index contributed by atoms with van der Waals surface area (Å²) < 4.78 is 38.1. The van der Waals surface area contributed by atoms with Crippen molar-refractivity contribution in [2.45, 2.75) is 32.5 Å². The van der Waals surface area contributed by atoms with Gasteiger partial charge in [-0.2, -0.15) is 13.2 Å². The maximum atomic E-state index is 12.7. The summed E-state index contributed by atoms with van der Waals surface area (Å²) in [7, 11) is 0. The van der Waals surface area contributed by atoms with Gasteiger partial charge in [-0.3, -0.25) is 5.32 Å². The molecule has 20 heavy (non-hydrogen) atoms. The van der Waals surface area contributed by atoms with E-state index in [2.05, 4.69) is 5.32 Å². The van der Waals surface area contributed by atoms with Crippen molar-refractivity contribution in [3.8, 4) is 0 Å². The van der Waals surface area contributed by atoms with Crippen LogP contribution in [0.4, 0.5) is 13.2 Å². The zero-order valence-electron chi connectivity index (χ0n) is 11.6. The third-order valence-corrected chi connectivity index (χ3v) is 3.06. The summed E-state index contributed by atoms with van der Waals surface area (Å²) in [5, 5.41) is 12.2. The molecule has 0 spiro atoms. The number of nitrogens with one attached hydrogen (secondary N) is 1. The second-order valence-electron chi connectivity index (χ2n) is 5.28. The van der Waals surface area contributed by atoms with Crippen molar-refractivity contribution in [2.24, 2.45) is 5.92 Å². The van der Waals surface area contributed by atoms with Gasteiger partial charge in [0.2, 0.25) is 0 Å². The predicted octanol–water partition coefficient (Wildman–Crippen LogP) is 3.25. The molecule has 1 atom stereocenters. The number of alkyl halides is 3. The van der Waals surface area contributed by atoms with E-state index >= 15 is 0 Å². The summed E-state index contributed by atoms with van der Waals surface area (Å²) in [5.41, 5.74) is -2.32. The first-order valence-electron chi connectivity index (χ1n) is 6.23. The van der Waals surface area contributed by atoms with Crippen molar-refractivity contribution in [3.63, 3.8) is 0 Å². The Bertz CT molecular complexity index is 486. The summed E-state index contributed by atoms with van der Waals surface area (Å²) in [4.78, 5) is 11.5. The van der Waals surface area contributed by atoms with Crippen LogP contribution in [0.5, 0.6) is 0 Å². The van der Waals surface area contributed by atoms with E-state index in [1.54, 1.807) is 0 Å². The Labute approximate surface area is 115 Å². The first-order chi connectivity index (χ1) is 9.07. The van der Waals surface area contributed by atoms with Crippen LogP contribution in [-0.2, 0) is 16.5 Å². The lowest BCUT2D eigenvalue weighted by Gasteiger charge is -2.28. The molecule has 0 aliphatic heterocycles. The lowest BCUT2D eigenvalue weighted by Crippen LogP contribution is -2.48. The SMILES string of the molecule is CC(C)CNC(C)(C(=O)O)c1cccc(C(F)(F)F)c1. The molecule has 0 fully saturated rings. The number of hydrogen-bond acceptors (Lipinski definition) is 2. The molecule has 0 aliphatic carbocycles. The molecule has 0 radical (unpaired) electrons. The van der Waals surface area contributed by atoms with Crippen LogP contribution in [0.15, 0.2) is 24.3 Å². The smallest absolute Gasteiger partial charge is 0.416 e. The molecule has 0 aliphatic rings. The van der Waals surface area contributed by atoms with E-state index in [4.69, 9.17) is 0 Å².